The monoisotopic (exact) mass is 416 g/mol. The van der Waals surface area contributed by atoms with E-state index in [0.717, 1.165) is 33.1 Å². The summed E-state index contributed by atoms with van der Waals surface area (Å²) in [6, 6.07) is 13.9. The number of carbonyl (C=O) groups excluding carboxylic acids is 1. The summed E-state index contributed by atoms with van der Waals surface area (Å²) in [5, 5.41) is 11.5. The van der Waals surface area contributed by atoms with Gasteiger partial charge in [0, 0.05) is 40.8 Å². The third kappa shape index (κ3) is 5.03. The van der Waals surface area contributed by atoms with Gasteiger partial charge in [-0.1, -0.05) is 30.3 Å². The van der Waals surface area contributed by atoms with Crippen molar-refractivity contribution in [2.45, 2.75) is 19.9 Å². The van der Waals surface area contributed by atoms with Gasteiger partial charge in [-0.15, -0.1) is 11.3 Å². The van der Waals surface area contributed by atoms with Crippen LogP contribution in [0.5, 0.6) is 0 Å². The van der Waals surface area contributed by atoms with E-state index in [0.29, 0.717) is 6.54 Å². The van der Waals surface area contributed by atoms with Crippen molar-refractivity contribution in [1.29, 1.82) is 0 Å². The van der Waals surface area contributed by atoms with Gasteiger partial charge < -0.3 is 0 Å². The van der Waals surface area contributed by atoms with Crippen molar-refractivity contribution in [2.24, 2.45) is 5.10 Å². The number of amides is 1. The van der Waals surface area contributed by atoms with Crippen molar-refractivity contribution < 1.29 is 4.79 Å². The highest BCUT2D eigenvalue weighted by atomic mass is 32.1. The maximum absolute atomic E-state index is 12.1. The Labute approximate surface area is 178 Å². The average molecular weight is 417 g/mol. The van der Waals surface area contributed by atoms with Gasteiger partial charge in [-0.05, 0) is 24.6 Å². The maximum Gasteiger partial charge on any atom is 0.246 e. The van der Waals surface area contributed by atoms with Gasteiger partial charge in [0.2, 0.25) is 5.91 Å². The molecule has 0 aliphatic carbocycles. The molecule has 4 aromatic rings. The lowest BCUT2D eigenvalue weighted by molar-refractivity contribution is -0.120. The van der Waals surface area contributed by atoms with Gasteiger partial charge in [-0.2, -0.15) is 10.2 Å². The molecule has 1 aromatic carbocycles. The minimum atomic E-state index is -0.208. The fraction of sp³-hybridized carbons (Fsp3) is 0.136. The Morgan fingerprint density at radius 1 is 1.23 bits per heavy atom. The summed E-state index contributed by atoms with van der Waals surface area (Å²) in [5.74, 6) is -0.208. The van der Waals surface area contributed by atoms with E-state index in [1.807, 2.05) is 53.5 Å². The Morgan fingerprint density at radius 3 is 2.83 bits per heavy atom. The third-order valence-corrected chi connectivity index (χ3v) is 5.25. The first-order valence-corrected chi connectivity index (χ1v) is 10.3. The molecular formula is C22H20N6OS. The van der Waals surface area contributed by atoms with Crippen LogP contribution in [0.25, 0.3) is 11.3 Å². The molecule has 1 N–H and O–H groups in total. The molecule has 7 nitrogen and oxygen atoms in total. The fourth-order valence-electron chi connectivity index (χ4n) is 2.94. The van der Waals surface area contributed by atoms with Crippen molar-refractivity contribution in [2.75, 3.05) is 0 Å². The molecule has 1 amide bonds. The number of aryl methyl sites for hydroxylation is 1. The number of carbonyl (C=O) groups is 1. The standard InChI is InChI=1S/C22H20N6OS/c1-16-15-30-21(25-16)10-20(29)26-24-12-19-14-28(13-17-6-3-2-4-7-17)27-22(19)18-8-5-9-23-11-18/h2-9,11-12,14-15H,10,13H2,1H3,(H,26,29)/b24-12-. The van der Waals surface area contributed by atoms with E-state index in [-0.39, 0.29) is 12.3 Å². The summed E-state index contributed by atoms with van der Waals surface area (Å²) in [6.07, 6.45) is 7.21. The molecule has 30 heavy (non-hydrogen) atoms. The topological polar surface area (TPSA) is 85.1 Å². The average Bonchev–Trinajstić information content (AvgIpc) is 3.35. The Bertz CT molecular complexity index is 1150. The molecule has 0 unspecified atom stereocenters. The predicted octanol–water partition coefficient (Wildman–Crippen LogP) is 3.45. The highest BCUT2D eigenvalue weighted by molar-refractivity contribution is 7.09. The molecule has 0 bridgehead atoms. The zero-order valence-corrected chi connectivity index (χ0v) is 17.2. The van der Waals surface area contributed by atoms with E-state index in [1.165, 1.54) is 11.3 Å². The molecule has 0 aliphatic rings. The van der Waals surface area contributed by atoms with Crippen LogP contribution in [0.2, 0.25) is 0 Å². The molecule has 8 heteroatoms. The van der Waals surface area contributed by atoms with Gasteiger partial charge in [0.15, 0.2) is 0 Å². The number of hydrogen-bond donors (Lipinski definition) is 1. The number of aromatic nitrogens is 4. The van der Waals surface area contributed by atoms with E-state index < -0.39 is 0 Å². The minimum Gasteiger partial charge on any atom is -0.273 e. The molecule has 0 fully saturated rings. The second-order valence-electron chi connectivity index (χ2n) is 6.71. The van der Waals surface area contributed by atoms with Crippen molar-refractivity contribution >= 4 is 23.5 Å². The van der Waals surface area contributed by atoms with Gasteiger partial charge in [-0.3, -0.25) is 14.5 Å². The predicted molar refractivity (Wildman–Crippen MR) is 117 cm³/mol. The van der Waals surface area contributed by atoms with Crippen LogP contribution in [0.4, 0.5) is 0 Å². The number of thiazole rings is 1. The largest absolute Gasteiger partial charge is 0.273 e. The zero-order chi connectivity index (χ0) is 20.8. The molecule has 0 spiro atoms. The smallest absolute Gasteiger partial charge is 0.246 e. The van der Waals surface area contributed by atoms with Crippen molar-refractivity contribution in [3.63, 3.8) is 0 Å². The Balaban J connectivity index is 1.51. The molecule has 0 saturated heterocycles. The van der Waals surface area contributed by atoms with Crippen LogP contribution in [0.15, 0.2) is 71.5 Å². The van der Waals surface area contributed by atoms with Gasteiger partial charge in [-0.25, -0.2) is 10.4 Å². The molecule has 3 aromatic heterocycles. The van der Waals surface area contributed by atoms with E-state index in [9.17, 15) is 4.79 Å². The lowest BCUT2D eigenvalue weighted by Crippen LogP contribution is -2.19. The van der Waals surface area contributed by atoms with Crippen molar-refractivity contribution in [1.82, 2.24) is 25.2 Å². The molecule has 0 atom stereocenters. The summed E-state index contributed by atoms with van der Waals surface area (Å²) in [6.45, 7) is 2.54. The molecule has 0 saturated carbocycles. The highest BCUT2D eigenvalue weighted by Crippen LogP contribution is 2.20. The summed E-state index contributed by atoms with van der Waals surface area (Å²) in [7, 11) is 0. The first-order valence-electron chi connectivity index (χ1n) is 9.42. The van der Waals surface area contributed by atoms with Crippen LogP contribution < -0.4 is 5.43 Å². The van der Waals surface area contributed by atoms with Crippen molar-refractivity contribution in [3.05, 3.63) is 88.3 Å². The number of hydrogen-bond acceptors (Lipinski definition) is 6. The van der Waals surface area contributed by atoms with Crippen LogP contribution >= 0.6 is 11.3 Å². The molecule has 0 radical (unpaired) electrons. The SMILES string of the molecule is Cc1csc(CC(=O)N/N=C\c2cn(Cc3ccccc3)nc2-c2cccnc2)n1. The number of benzene rings is 1. The number of rotatable bonds is 7. The summed E-state index contributed by atoms with van der Waals surface area (Å²) >= 11 is 1.47. The minimum absolute atomic E-state index is 0.207. The number of nitrogens with zero attached hydrogens (tertiary/aromatic N) is 5. The Hall–Kier alpha value is -3.65. The number of hydrazone groups is 1. The maximum atomic E-state index is 12.1. The second kappa shape index (κ2) is 9.23. The van der Waals surface area contributed by atoms with E-state index >= 15 is 0 Å². The van der Waals surface area contributed by atoms with Gasteiger partial charge in [0.1, 0.15) is 10.7 Å². The van der Waals surface area contributed by atoms with E-state index in [2.05, 4.69) is 32.6 Å². The molecule has 3 heterocycles. The van der Waals surface area contributed by atoms with Gasteiger partial charge in [0.25, 0.3) is 0 Å². The summed E-state index contributed by atoms with van der Waals surface area (Å²) in [4.78, 5) is 20.6. The molecule has 0 aliphatic heterocycles. The van der Waals surface area contributed by atoms with Gasteiger partial charge >= 0.3 is 0 Å². The third-order valence-electron chi connectivity index (χ3n) is 4.28. The van der Waals surface area contributed by atoms with Gasteiger partial charge in [0.05, 0.1) is 19.2 Å². The number of nitrogens with one attached hydrogen (secondary N) is 1. The Morgan fingerprint density at radius 2 is 2.10 bits per heavy atom. The highest BCUT2D eigenvalue weighted by Gasteiger charge is 2.11. The van der Waals surface area contributed by atoms with E-state index in [4.69, 9.17) is 5.10 Å². The first-order chi connectivity index (χ1) is 14.7. The van der Waals surface area contributed by atoms with Crippen molar-refractivity contribution in [3.8, 4) is 11.3 Å². The lowest BCUT2D eigenvalue weighted by Gasteiger charge is -2.01. The normalized spacial score (nSPS) is 11.1. The van der Waals surface area contributed by atoms with Crippen LogP contribution in [0, 0.1) is 6.92 Å². The van der Waals surface area contributed by atoms with Crippen LogP contribution in [0.1, 0.15) is 21.8 Å². The molecule has 150 valence electrons. The van der Waals surface area contributed by atoms with Crippen LogP contribution in [0.3, 0.4) is 0 Å². The second-order valence-corrected chi connectivity index (χ2v) is 7.65. The summed E-state index contributed by atoms with van der Waals surface area (Å²) in [5.41, 5.74) is 7.07. The van der Waals surface area contributed by atoms with Crippen LogP contribution in [-0.2, 0) is 17.8 Å². The summed E-state index contributed by atoms with van der Waals surface area (Å²) < 4.78 is 1.86. The van der Waals surface area contributed by atoms with Crippen LogP contribution in [-0.4, -0.2) is 31.9 Å². The molecular weight excluding hydrogens is 396 g/mol. The lowest BCUT2D eigenvalue weighted by atomic mass is 10.1. The zero-order valence-electron chi connectivity index (χ0n) is 16.4. The Kier molecular flexibility index (Phi) is 6.05. The fourth-order valence-corrected chi connectivity index (χ4v) is 3.71. The quantitative estimate of drug-likeness (QED) is 0.369. The number of pyridine rings is 1. The molecule has 4 rings (SSSR count). The van der Waals surface area contributed by atoms with E-state index in [1.54, 1.807) is 18.6 Å². The first kappa shape index (κ1) is 19.7.